The fraction of sp³-hybridized carbons (Fsp3) is 0.357. The summed E-state index contributed by atoms with van der Waals surface area (Å²) in [6.07, 6.45) is 0.938. The molecular formula is C14H16N4O2. The second-order valence-corrected chi connectivity index (χ2v) is 4.25. The standard InChI is InChI=1S/C14H16N4O2/c1-2-11-4-3-5-12(8-11)20-10-14-13(9-19)16-17-18(14)7-6-15/h3-5,8,19H,2,7,9-10H2,1H3. The van der Waals surface area contributed by atoms with Gasteiger partial charge in [0.25, 0.3) is 0 Å². The molecule has 6 heteroatoms. The second-order valence-electron chi connectivity index (χ2n) is 4.25. The second kappa shape index (κ2) is 6.68. The first-order valence-electron chi connectivity index (χ1n) is 6.39. The van der Waals surface area contributed by atoms with Gasteiger partial charge in [-0.25, -0.2) is 4.68 Å². The normalized spacial score (nSPS) is 10.2. The lowest BCUT2D eigenvalue weighted by Crippen LogP contribution is -2.09. The Hall–Kier alpha value is -2.39. The number of nitriles is 1. The zero-order chi connectivity index (χ0) is 14.4. The zero-order valence-corrected chi connectivity index (χ0v) is 11.3. The van der Waals surface area contributed by atoms with Gasteiger partial charge < -0.3 is 9.84 Å². The molecule has 1 aromatic carbocycles. The third kappa shape index (κ3) is 3.13. The number of nitrogens with zero attached hydrogens (tertiary/aromatic N) is 4. The molecule has 0 unspecified atom stereocenters. The minimum atomic E-state index is -0.223. The van der Waals surface area contributed by atoms with E-state index in [9.17, 15) is 5.11 Å². The number of ether oxygens (including phenoxy) is 1. The van der Waals surface area contributed by atoms with Crippen LogP contribution in [0.4, 0.5) is 0 Å². The Balaban J connectivity index is 2.13. The maximum Gasteiger partial charge on any atom is 0.132 e. The molecule has 0 spiro atoms. The number of aliphatic hydroxyl groups is 1. The van der Waals surface area contributed by atoms with Crippen molar-refractivity contribution >= 4 is 0 Å². The molecule has 0 amide bonds. The monoisotopic (exact) mass is 272 g/mol. The smallest absolute Gasteiger partial charge is 0.132 e. The Morgan fingerprint density at radius 1 is 1.45 bits per heavy atom. The van der Waals surface area contributed by atoms with Crippen LogP contribution in [0.1, 0.15) is 23.9 Å². The van der Waals surface area contributed by atoms with Gasteiger partial charge in [-0.15, -0.1) is 5.10 Å². The molecule has 0 saturated carbocycles. The van der Waals surface area contributed by atoms with E-state index < -0.39 is 0 Å². The van der Waals surface area contributed by atoms with Crippen LogP contribution in [0.2, 0.25) is 0 Å². The first kappa shape index (κ1) is 14.0. The molecule has 104 valence electrons. The van der Waals surface area contributed by atoms with Crippen molar-refractivity contribution in [2.24, 2.45) is 0 Å². The van der Waals surface area contributed by atoms with Crippen LogP contribution in [0.3, 0.4) is 0 Å². The molecule has 1 aromatic heterocycles. The molecule has 2 aromatic rings. The lowest BCUT2D eigenvalue weighted by molar-refractivity contribution is 0.262. The van der Waals surface area contributed by atoms with E-state index in [0.29, 0.717) is 11.4 Å². The molecule has 0 fully saturated rings. The van der Waals surface area contributed by atoms with Crippen molar-refractivity contribution in [3.8, 4) is 11.8 Å². The SMILES string of the molecule is CCc1cccc(OCc2c(CO)nnn2CC#N)c1. The van der Waals surface area contributed by atoms with Gasteiger partial charge >= 0.3 is 0 Å². The zero-order valence-electron chi connectivity index (χ0n) is 11.3. The first-order chi connectivity index (χ1) is 9.78. The summed E-state index contributed by atoms with van der Waals surface area (Å²) in [6.45, 7) is 2.16. The molecule has 0 radical (unpaired) electrons. The predicted octanol–water partition coefficient (Wildman–Crippen LogP) is 1.44. The molecule has 2 rings (SSSR count). The van der Waals surface area contributed by atoms with Gasteiger partial charge in [-0.05, 0) is 24.1 Å². The number of hydrogen-bond acceptors (Lipinski definition) is 5. The molecule has 6 nitrogen and oxygen atoms in total. The van der Waals surface area contributed by atoms with Crippen molar-refractivity contribution in [3.05, 3.63) is 41.2 Å². The number of rotatable bonds is 6. The average molecular weight is 272 g/mol. The van der Waals surface area contributed by atoms with Crippen LogP contribution in [-0.2, 0) is 26.2 Å². The minimum Gasteiger partial charge on any atom is -0.487 e. The van der Waals surface area contributed by atoms with Gasteiger partial charge in [-0.1, -0.05) is 24.3 Å². The highest BCUT2D eigenvalue weighted by Gasteiger charge is 2.12. The van der Waals surface area contributed by atoms with E-state index in [-0.39, 0.29) is 19.8 Å². The van der Waals surface area contributed by atoms with Gasteiger partial charge in [0, 0.05) is 0 Å². The highest BCUT2D eigenvalue weighted by atomic mass is 16.5. The van der Waals surface area contributed by atoms with Crippen LogP contribution in [-0.4, -0.2) is 20.1 Å². The minimum absolute atomic E-state index is 0.0840. The fourth-order valence-corrected chi connectivity index (χ4v) is 1.85. The van der Waals surface area contributed by atoms with Crippen molar-refractivity contribution in [2.45, 2.75) is 33.1 Å². The quantitative estimate of drug-likeness (QED) is 0.860. The van der Waals surface area contributed by atoms with Crippen molar-refractivity contribution in [2.75, 3.05) is 0 Å². The molecule has 20 heavy (non-hydrogen) atoms. The van der Waals surface area contributed by atoms with Gasteiger partial charge in [-0.3, -0.25) is 0 Å². The third-order valence-corrected chi connectivity index (χ3v) is 2.97. The summed E-state index contributed by atoms with van der Waals surface area (Å²) in [6, 6.07) is 9.81. The van der Waals surface area contributed by atoms with Gasteiger partial charge in [0.05, 0.1) is 12.7 Å². The van der Waals surface area contributed by atoms with Gasteiger partial charge in [0.2, 0.25) is 0 Å². The van der Waals surface area contributed by atoms with Crippen molar-refractivity contribution in [3.63, 3.8) is 0 Å². The van der Waals surface area contributed by atoms with Crippen molar-refractivity contribution < 1.29 is 9.84 Å². The molecule has 0 bridgehead atoms. The Kier molecular flexibility index (Phi) is 4.69. The van der Waals surface area contributed by atoms with E-state index in [1.807, 2.05) is 30.3 Å². The van der Waals surface area contributed by atoms with E-state index in [0.717, 1.165) is 12.2 Å². The van der Waals surface area contributed by atoms with Crippen molar-refractivity contribution in [1.82, 2.24) is 15.0 Å². The summed E-state index contributed by atoms with van der Waals surface area (Å²) < 4.78 is 7.14. The van der Waals surface area contributed by atoms with Gasteiger partial charge in [-0.2, -0.15) is 5.26 Å². The predicted molar refractivity (Wildman–Crippen MR) is 71.7 cm³/mol. The Bertz CT molecular complexity index is 616. The van der Waals surface area contributed by atoms with Crippen LogP contribution in [0.15, 0.2) is 24.3 Å². The summed E-state index contributed by atoms with van der Waals surface area (Å²) in [7, 11) is 0. The topological polar surface area (TPSA) is 84.0 Å². The number of benzene rings is 1. The highest BCUT2D eigenvalue weighted by Crippen LogP contribution is 2.16. The van der Waals surface area contributed by atoms with Gasteiger partial charge in [0.15, 0.2) is 0 Å². The fourth-order valence-electron chi connectivity index (χ4n) is 1.85. The molecule has 0 saturated heterocycles. The molecule has 1 heterocycles. The summed E-state index contributed by atoms with van der Waals surface area (Å²) in [5, 5.41) is 25.6. The Labute approximate surface area is 117 Å². The van der Waals surface area contributed by atoms with Crippen LogP contribution in [0.5, 0.6) is 5.75 Å². The molecule has 0 aliphatic rings. The van der Waals surface area contributed by atoms with Crippen molar-refractivity contribution in [1.29, 1.82) is 5.26 Å². The van der Waals surface area contributed by atoms with E-state index in [1.54, 1.807) is 0 Å². The molecule has 1 N–H and O–H groups in total. The first-order valence-corrected chi connectivity index (χ1v) is 6.39. The van der Waals surface area contributed by atoms with Crippen LogP contribution >= 0.6 is 0 Å². The Morgan fingerprint density at radius 3 is 3.00 bits per heavy atom. The third-order valence-electron chi connectivity index (χ3n) is 2.97. The van der Waals surface area contributed by atoms with Crippen LogP contribution in [0, 0.1) is 11.3 Å². The molecular weight excluding hydrogens is 256 g/mol. The maximum absolute atomic E-state index is 9.23. The van der Waals surface area contributed by atoms with Crippen LogP contribution in [0.25, 0.3) is 0 Å². The van der Waals surface area contributed by atoms with E-state index in [1.165, 1.54) is 10.2 Å². The summed E-state index contributed by atoms with van der Waals surface area (Å²) in [5.41, 5.74) is 2.25. The highest BCUT2D eigenvalue weighted by molar-refractivity contribution is 5.28. The van der Waals surface area contributed by atoms with E-state index in [4.69, 9.17) is 10.00 Å². The average Bonchev–Trinajstić information content (AvgIpc) is 2.88. The number of aliphatic hydroxyl groups excluding tert-OH is 1. The van der Waals surface area contributed by atoms with E-state index in [2.05, 4.69) is 17.2 Å². The lowest BCUT2D eigenvalue weighted by Gasteiger charge is -2.08. The number of aromatic nitrogens is 3. The van der Waals surface area contributed by atoms with E-state index >= 15 is 0 Å². The Morgan fingerprint density at radius 2 is 2.30 bits per heavy atom. The molecule has 0 atom stereocenters. The van der Waals surface area contributed by atoms with Crippen LogP contribution < -0.4 is 4.74 Å². The lowest BCUT2D eigenvalue weighted by atomic mass is 10.2. The largest absolute Gasteiger partial charge is 0.487 e. The van der Waals surface area contributed by atoms with Gasteiger partial charge in [0.1, 0.15) is 30.3 Å². The molecule has 0 aliphatic carbocycles. The number of hydrogen-bond donors (Lipinski definition) is 1. The summed E-state index contributed by atoms with van der Waals surface area (Å²) in [5.74, 6) is 0.748. The number of aryl methyl sites for hydroxylation is 1. The summed E-state index contributed by atoms with van der Waals surface area (Å²) >= 11 is 0. The molecule has 0 aliphatic heterocycles. The summed E-state index contributed by atoms with van der Waals surface area (Å²) in [4.78, 5) is 0. The maximum atomic E-state index is 9.23.